The quantitative estimate of drug-likeness (QED) is 0.204. The molecular weight excluding hydrogens is 530 g/mol. The predicted octanol–water partition coefficient (Wildman–Crippen LogP) is 1.17. The molecule has 41 heavy (non-hydrogen) atoms. The van der Waals surface area contributed by atoms with Crippen molar-refractivity contribution in [1.29, 1.82) is 0 Å². The van der Waals surface area contributed by atoms with E-state index >= 15 is 0 Å². The first-order chi connectivity index (χ1) is 19.4. The summed E-state index contributed by atoms with van der Waals surface area (Å²) in [6.45, 7) is 7.29. The van der Waals surface area contributed by atoms with E-state index in [4.69, 9.17) is 0 Å². The van der Waals surface area contributed by atoms with Crippen molar-refractivity contribution in [2.45, 2.75) is 65.1 Å². The van der Waals surface area contributed by atoms with Gasteiger partial charge in [-0.15, -0.1) is 0 Å². The molecule has 12 heteroatoms. The molecule has 0 bridgehead atoms. The van der Waals surface area contributed by atoms with Gasteiger partial charge in [-0.1, -0.05) is 26.0 Å². The maximum Gasteiger partial charge on any atom is 0.359 e. The highest BCUT2D eigenvalue weighted by molar-refractivity contribution is 6.13. The van der Waals surface area contributed by atoms with Crippen LogP contribution in [0.4, 0.5) is 5.69 Å². The normalized spacial score (nSPS) is 17.7. The van der Waals surface area contributed by atoms with Crippen molar-refractivity contribution in [2.75, 3.05) is 31.5 Å². The summed E-state index contributed by atoms with van der Waals surface area (Å²) in [6.07, 6.45) is 5.25. The van der Waals surface area contributed by atoms with Crippen LogP contribution in [0.25, 0.3) is 0 Å². The van der Waals surface area contributed by atoms with E-state index in [1.165, 1.54) is 6.92 Å². The highest BCUT2D eigenvalue weighted by atomic mass is 16.4. The molecule has 1 fully saturated rings. The van der Waals surface area contributed by atoms with Crippen LogP contribution in [-0.2, 0) is 35.3 Å². The first-order valence-electron chi connectivity index (χ1n) is 14.0. The topological polar surface area (TPSA) is 162 Å². The summed E-state index contributed by atoms with van der Waals surface area (Å²) in [4.78, 5) is 73.9. The van der Waals surface area contributed by atoms with Gasteiger partial charge in [-0.05, 0) is 44.2 Å². The highest BCUT2D eigenvalue weighted by Gasteiger charge is 2.33. The number of carbonyl (C=O) groups excluding carboxylic acids is 5. The molecule has 0 spiro atoms. The number of hydrogen-bond acceptors (Lipinski definition) is 6. The summed E-state index contributed by atoms with van der Waals surface area (Å²) in [5, 5.41) is 17.5. The number of nitrogens with zero attached hydrogens (tertiary/aromatic N) is 2. The molecule has 2 aliphatic heterocycles. The van der Waals surface area contributed by atoms with Crippen LogP contribution in [0.5, 0.6) is 0 Å². The number of piperidine rings is 1. The fourth-order valence-electron chi connectivity index (χ4n) is 5.19. The summed E-state index contributed by atoms with van der Waals surface area (Å²) in [6, 6.07) is 5.44. The average Bonchev–Trinajstić information content (AvgIpc) is 3.23. The van der Waals surface area contributed by atoms with Crippen LogP contribution in [0.1, 0.15) is 52.0 Å². The summed E-state index contributed by atoms with van der Waals surface area (Å²) in [5.74, 6) is -3.54. The Morgan fingerprint density at radius 1 is 0.902 bits per heavy atom. The predicted molar refractivity (Wildman–Crippen MR) is 150 cm³/mol. The number of hydrogen-bond donors (Lipinski definition) is 4. The number of rotatable bonds is 13. The molecule has 12 nitrogen and oxygen atoms in total. The molecule has 0 aliphatic carbocycles. The largest absolute Gasteiger partial charge is 0.477 e. The molecule has 2 heterocycles. The monoisotopic (exact) mass is 570 g/mol. The SMILES string of the molecule is CC(C)[C@H](NC(=O)CCN1C(=O)C=CC1=O)C(=O)N[C@@H](C)C(=O)Nc1ccc(C[N+]2(CC(=O)O)CCCCC2)cc1. The van der Waals surface area contributed by atoms with Gasteiger partial charge >= 0.3 is 5.97 Å². The van der Waals surface area contributed by atoms with Gasteiger partial charge in [0.05, 0.1) is 13.1 Å². The molecule has 1 saturated heterocycles. The zero-order valence-corrected chi connectivity index (χ0v) is 23.9. The molecule has 4 N–H and O–H groups in total. The first kappa shape index (κ1) is 31.5. The van der Waals surface area contributed by atoms with Crippen LogP contribution in [0.3, 0.4) is 0 Å². The number of carboxylic acids is 1. The van der Waals surface area contributed by atoms with Crippen molar-refractivity contribution in [2.24, 2.45) is 5.92 Å². The molecule has 0 radical (unpaired) electrons. The Morgan fingerprint density at radius 2 is 1.51 bits per heavy atom. The zero-order valence-electron chi connectivity index (χ0n) is 23.9. The Morgan fingerprint density at radius 3 is 2.07 bits per heavy atom. The van der Waals surface area contributed by atoms with Crippen LogP contribution in [0.2, 0.25) is 0 Å². The standard InChI is InChI=1S/C29H39N5O7/c1-19(2)27(32-23(35)13-14-33-24(36)11-12-25(33)37)29(41)30-20(3)28(40)31-22-9-7-21(8-10-22)17-34(18-26(38)39)15-5-4-6-16-34/h7-12,19-20,27H,4-6,13-18H2,1-3H3,(H3-,30,31,32,35,38,39,40,41)/p+1/t20-,27-/m0/s1. The van der Waals surface area contributed by atoms with Crippen LogP contribution < -0.4 is 16.0 Å². The van der Waals surface area contributed by atoms with Crippen molar-refractivity contribution >= 4 is 41.2 Å². The Bertz CT molecular complexity index is 1170. The number of carbonyl (C=O) groups is 6. The second kappa shape index (κ2) is 14.0. The number of benzene rings is 1. The molecule has 0 aromatic heterocycles. The minimum atomic E-state index is -0.920. The molecule has 2 aliphatic rings. The lowest BCUT2D eigenvalue weighted by atomic mass is 10.0. The first-order valence-corrected chi connectivity index (χ1v) is 14.0. The maximum atomic E-state index is 12.9. The van der Waals surface area contributed by atoms with E-state index in [0.717, 1.165) is 55.0 Å². The molecule has 222 valence electrons. The van der Waals surface area contributed by atoms with Crippen LogP contribution >= 0.6 is 0 Å². The summed E-state index contributed by atoms with van der Waals surface area (Å²) in [5.41, 5.74) is 1.52. The molecule has 3 rings (SSSR count). The van der Waals surface area contributed by atoms with E-state index in [1.54, 1.807) is 26.0 Å². The van der Waals surface area contributed by atoms with Gasteiger partial charge in [0.25, 0.3) is 11.8 Å². The van der Waals surface area contributed by atoms with Gasteiger partial charge in [0, 0.05) is 36.4 Å². The second-order valence-corrected chi connectivity index (χ2v) is 11.2. The maximum absolute atomic E-state index is 12.9. The van der Waals surface area contributed by atoms with Gasteiger partial charge in [0.1, 0.15) is 18.6 Å². The number of quaternary nitrogens is 1. The minimum absolute atomic E-state index is 0.0861. The van der Waals surface area contributed by atoms with Gasteiger partial charge < -0.3 is 25.5 Å². The Kier molecular flexibility index (Phi) is 10.8. The number of nitrogens with one attached hydrogen (secondary N) is 3. The van der Waals surface area contributed by atoms with Crippen molar-refractivity contribution in [1.82, 2.24) is 15.5 Å². The fourth-order valence-corrected chi connectivity index (χ4v) is 5.19. The van der Waals surface area contributed by atoms with E-state index in [9.17, 15) is 33.9 Å². The lowest BCUT2D eigenvalue weighted by Crippen LogP contribution is -2.54. The minimum Gasteiger partial charge on any atom is -0.477 e. The Labute approximate surface area is 239 Å². The number of carboxylic acid groups (broad SMARTS) is 1. The lowest BCUT2D eigenvalue weighted by Gasteiger charge is -2.40. The van der Waals surface area contributed by atoms with Gasteiger partial charge in [-0.3, -0.25) is 28.9 Å². The third-order valence-electron chi connectivity index (χ3n) is 7.46. The van der Waals surface area contributed by atoms with E-state index in [1.807, 2.05) is 12.1 Å². The smallest absolute Gasteiger partial charge is 0.359 e. The number of amides is 5. The Balaban J connectivity index is 1.51. The highest BCUT2D eigenvalue weighted by Crippen LogP contribution is 2.23. The molecule has 1 aromatic rings. The third-order valence-corrected chi connectivity index (χ3v) is 7.46. The summed E-state index contributed by atoms with van der Waals surface area (Å²) >= 11 is 0. The number of anilines is 1. The Hall–Kier alpha value is -4.06. The molecule has 5 amide bonds. The zero-order chi connectivity index (χ0) is 30.2. The van der Waals surface area contributed by atoms with E-state index in [-0.39, 0.29) is 25.4 Å². The van der Waals surface area contributed by atoms with Crippen LogP contribution in [0.15, 0.2) is 36.4 Å². The van der Waals surface area contributed by atoms with Gasteiger partial charge in [-0.2, -0.15) is 0 Å². The molecule has 0 unspecified atom stereocenters. The number of aliphatic carboxylic acids is 1. The lowest BCUT2D eigenvalue weighted by molar-refractivity contribution is -0.938. The molecule has 1 aromatic carbocycles. The van der Waals surface area contributed by atoms with Crippen molar-refractivity contribution in [3.8, 4) is 0 Å². The van der Waals surface area contributed by atoms with E-state index < -0.39 is 47.6 Å². The van der Waals surface area contributed by atoms with Gasteiger partial charge in [0.15, 0.2) is 6.54 Å². The summed E-state index contributed by atoms with van der Waals surface area (Å²) < 4.78 is 0.517. The fraction of sp³-hybridized carbons (Fsp3) is 0.517. The molecular formula is C29H40N5O7+. The third kappa shape index (κ3) is 8.97. The van der Waals surface area contributed by atoms with Gasteiger partial charge in [0.2, 0.25) is 17.7 Å². The summed E-state index contributed by atoms with van der Waals surface area (Å²) in [7, 11) is 0. The molecule has 2 atom stereocenters. The van der Waals surface area contributed by atoms with Crippen molar-refractivity contribution < 1.29 is 38.4 Å². The van der Waals surface area contributed by atoms with Crippen molar-refractivity contribution in [3.05, 3.63) is 42.0 Å². The molecule has 0 saturated carbocycles. The van der Waals surface area contributed by atoms with Crippen LogP contribution in [0, 0.1) is 5.92 Å². The average molecular weight is 571 g/mol. The number of likely N-dealkylation sites (tertiary alicyclic amines) is 1. The van der Waals surface area contributed by atoms with E-state index in [2.05, 4.69) is 16.0 Å². The van der Waals surface area contributed by atoms with Gasteiger partial charge in [-0.25, -0.2) is 4.79 Å². The second-order valence-electron chi connectivity index (χ2n) is 11.2. The van der Waals surface area contributed by atoms with E-state index in [0.29, 0.717) is 16.7 Å². The van der Waals surface area contributed by atoms with Crippen molar-refractivity contribution in [3.63, 3.8) is 0 Å². The van der Waals surface area contributed by atoms with Crippen LogP contribution in [-0.4, -0.2) is 88.3 Å². The number of imide groups is 1.